The van der Waals surface area contributed by atoms with E-state index in [1.165, 1.54) is 0 Å². The van der Waals surface area contributed by atoms with Gasteiger partial charge in [-0.1, -0.05) is 0 Å². The molecule has 1 rings (SSSR count). The summed E-state index contributed by atoms with van der Waals surface area (Å²) >= 11 is 0. The fourth-order valence-electron chi connectivity index (χ4n) is 1.36. The second kappa shape index (κ2) is 3.05. The van der Waals surface area contributed by atoms with Crippen LogP contribution in [0.4, 0.5) is 13.2 Å². The molecule has 1 aliphatic carbocycles. The SMILES string of the molecule is N[C@H]1C[C@@H](C(F)(F)F)CCC1=O. The molecule has 1 aliphatic rings. The third kappa shape index (κ3) is 1.97. The number of hydrogen-bond donors (Lipinski definition) is 1. The first-order chi connectivity index (χ1) is 5.41. The number of rotatable bonds is 0. The first-order valence-corrected chi connectivity index (χ1v) is 3.76. The van der Waals surface area contributed by atoms with Gasteiger partial charge in [0.05, 0.1) is 12.0 Å². The van der Waals surface area contributed by atoms with Crippen molar-refractivity contribution in [3.63, 3.8) is 0 Å². The van der Waals surface area contributed by atoms with Gasteiger partial charge in [-0.3, -0.25) is 4.79 Å². The molecule has 0 saturated heterocycles. The van der Waals surface area contributed by atoms with Crippen molar-refractivity contribution in [2.45, 2.75) is 31.5 Å². The van der Waals surface area contributed by atoms with Gasteiger partial charge in [0.25, 0.3) is 0 Å². The van der Waals surface area contributed by atoms with Crippen molar-refractivity contribution in [3.8, 4) is 0 Å². The molecule has 0 amide bonds. The second-order valence-electron chi connectivity index (χ2n) is 3.09. The van der Waals surface area contributed by atoms with Gasteiger partial charge in [-0.05, 0) is 12.8 Å². The first kappa shape index (κ1) is 9.51. The van der Waals surface area contributed by atoms with Crippen LogP contribution in [0.2, 0.25) is 0 Å². The first-order valence-electron chi connectivity index (χ1n) is 3.76. The van der Waals surface area contributed by atoms with Crippen LogP contribution in [0.1, 0.15) is 19.3 Å². The highest BCUT2D eigenvalue weighted by atomic mass is 19.4. The second-order valence-corrected chi connectivity index (χ2v) is 3.09. The summed E-state index contributed by atoms with van der Waals surface area (Å²) in [7, 11) is 0. The molecule has 1 saturated carbocycles. The summed E-state index contributed by atoms with van der Waals surface area (Å²) in [6, 6.07) is -0.912. The molecular weight excluding hydrogens is 171 g/mol. The zero-order valence-corrected chi connectivity index (χ0v) is 6.40. The molecule has 0 aromatic rings. The van der Waals surface area contributed by atoms with Gasteiger partial charge in [0.15, 0.2) is 0 Å². The molecule has 5 heteroatoms. The molecule has 0 radical (unpaired) electrons. The van der Waals surface area contributed by atoms with Crippen molar-refractivity contribution >= 4 is 5.78 Å². The third-order valence-corrected chi connectivity index (χ3v) is 2.15. The number of alkyl halides is 3. The van der Waals surface area contributed by atoms with E-state index in [1.807, 2.05) is 0 Å². The fraction of sp³-hybridized carbons (Fsp3) is 0.857. The predicted octanol–water partition coefficient (Wildman–Crippen LogP) is 1.25. The smallest absolute Gasteiger partial charge is 0.321 e. The summed E-state index contributed by atoms with van der Waals surface area (Å²) in [4.78, 5) is 10.8. The highest BCUT2D eigenvalue weighted by Gasteiger charge is 2.43. The lowest BCUT2D eigenvalue weighted by Crippen LogP contribution is -2.41. The van der Waals surface area contributed by atoms with Crippen LogP contribution in [-0.2, 0) is 4.79 Å². The third-order valence-electron chi connectivity index (χ3n) is 2.15. The molecule has 2 nitrogen and oxygen atoms in total. The van der Waals surface area contributed by atoms with Gasteiger partial charge >= 0.3 is 6.18 Å². The molecule has 0 spiro atoms. The summed E-state index contributed by atoms with van der Waals surface area (Å²) in [6.07, 6.45) is -4.58. The number of hydrogen-bond acceptors (Lipinski definition) is 2. The Morgan fingerprint density at radius 1 is 1.42 bits per heavy atom. The van der Waals surface area contributed by atoms with Crippen LogP contribution in [-0.4, -0.2) is 18.0 Å². The molecule has 2 atom stereocenters. The Morgan fingerprint density at radius 2 is 2.00 bits per heavy atom. The minimum Gasteiger partial charge on any atom is -0.321 e. The van der Waals surface area contributed by atoms with E-state index < -0.39 is 18.1 Å². The Labute approximate surface area is 67.9 Å². The van der Waals surface area contributed by atoms with Crippen molar-refractivity contribution in [2.75, 3.05) is 0 Å². The minimum atomic E-state index is -4.20. The van der Waals surface area contributed by atoms with E-state index in [0.29, 0.717) is 0 Å². The lowest BCUT2D eigenvalue weighted by Gasteiger charge is -2.27. The molecule has 0 heterocycles. The lowest BCUT2D eigenvalue weighted by molar-refractivity contribution is -0.183. The van der Waals surface area contributed by atoms with Gasteiger partial charge in [-0.25, -0.2) is 0 Å². The topological polar surface area (TPSA) is 43.1 Å². The average molecular weight is 181 g/mol. The van der Waals surface area contributed by atoms with Crippen LogP contribution in [0.5, 0.6) is 0 Å². The minimum absolute atomic E-state index is 0.0364. The summed E-state index contributed by atoms with van der Waals surface area (Å²) in [5, 5.41) is 0. The van der Waals surface area contributed by atoms with E-state index >= 15 is 0 Å². The number of carbonyl (C=O) groups excluding carboxylic acids is 1. The normalized spacial score (nSPS) is 32.2. The molecule has 0 aromatic carbocycles. The zero-order valence-electron chi connectivity index (χ0n) is 6.40. The van der Waals surface area contributed by atoms with Crippen molar-refractivity contribution in [1.82, 2.24) is 0 Å². The number of ketones is 1. The molecular formula is C7H10F3NO. The number of halogens is 3. The fourth-order valence-corrected chi connectivity index (χ4v) is 1.36. The highest BCUT2D eigenvalue weighted by Crippen LogP contribution is 2.35. The van der Waals surface area contributed by atoms with Crippen LogP contribution in [0.25, 0.3) is 0 Å². The molecule has 70 valence electrons. The summed E-state index contributed by atoms with van der Waals surface area (Å²) in [6.45, 7) is 0. The Kier molecular flexibility index (Phi) is 2.41. The van der Waals surface area contributed by atoms with E-state index in [1.54, 1.807) is 0 Å². The van der Waals surface area contributed by atoms with E-state index in [0.717, 1.165) is 0 Å². The van der Waals surface area contributed by atoms with Gasteiger partial charge in [0.1, 0.15) is 5.78 Å². The molecule has 12 heavy (non-hydrogen) atoms. The zero-order chi connectivity index (χ0) is 9.35. The summed E-state index contributed by atoms with van der Waals surface area (Å²) in [5.74, 6) is -1.64. The predicted molar refractivity (Wildman–Crippen MR) is 36.4 cm³/mol. The van der Waals surface area contributed by atoms with Crippen LogP contribution in [0, 0.1) is 5.92 Å². The number of nitrogens with two attached hydrogens (primary N) is 1. The van der Waals surface area contributed by atoms with Crippen molar-refractivity contribution in [1.29, 1.82) is 0 Å². The standard InChI is InChI=1S/C7H10F3NO/c8-7(9,10)4-1-2-6(12)5(11)3-4/h4-5H,1-3,11H2/t4-,5-/m0/s1. The van der Waals surface area contributed by atoms with E-state index in [-0.39, 0.29) is 25.0 Å². The Bertz CT molecular complexity index is 190. The van der Waals surface area contributed by atoms with Crippen LogP contribution in [0.15, 0.2) is 0 Å². The monoisotopic (exact) mass is 181 g/mol. The molecule has 0 bridgehead atoms. The van der Waals surface area contributed by atoms with E-state index in [2.05, 4.69) is 0 Å². The van der Waals surface area contributed by atoms with E-state index in [9.17, 15) is 18.0 Å². The van der Waals surface area contributed by atoms with Gasteiger partial charge in [0.2, 0.25) is 0 Å². The van der Waals surface area contributed by atoms with Gasteiger partial charge < -0.3 is 5.73 Å². The van der Waals surface area contributed by atoms with E-state index in [4.69, 9.17) is 5.73 Å². The number of Topliss-reactive ketones (excluding diaryl/α,β-unsaturated/α-hetero) is 1. The number of carbonyl (C=O) groups is 1. The van der Waals surface area contributed by atoms with Crippen molar-refractivity contribution < 1.29 is 18.0 Å². The maximum atomic E-state index is 12.1. The Balaban J connectivity index is 2.57. The van der Waals surface area contributed by atoms with Crippen LogP contribution in [0.3, 0.4) is 0 Å². The maximum absolute atomic E-state index is 12.1. The van der Waals surface area contributed by atoms with Gasteiger partial charge in [0, 0.05) is 6.42 Å². The van der Waals surface area contributed by atoms with Crippen LogP contribution >= 0.6 is 0 Å². The molecule has 0 aliphatic heterocycles. The molecule has 1 fully saturated rings. The largest absolute Gasteiger partial charge is 0.391 e. The van der Waals surface area contributed by atoms with Crippen molar-refractivity contribution in [3.05, 3.63) is 0 Å². The molecule has 2 N–H and O–H groups in total. The molecule has 0 unspecified atom stereocenters. The average Bonchev–Trinajstić information content (AvgIpc) is 1.92. The quantitative estimate of drug-likeness (QED) is 0.611. The van der Waals surface area contributed by atoms with Crippen LogP contribution < -0.4 is 5.73 Å². The maximum Gasteiger partial charge on any atom is 0.391 e. The Morgan fingerprint density at radius 3 is 2.42 bits per heavy atom. The lowest BCUT2D eigenvalue weighted by atomic mass is 9.85. The Hall–Kier alpha value is -0.580. The van der Waals surface area contributed by atoms with Crippen molar-refractivity contribution in [2.24, 2.45) is 11.7 Å². The summed E-state index contributed by atoms with van der Waals surface area (Å²) < 4.78 is 36.2. The summed E-state index contributed by atoms with van der Waals surface area (Å²) in [5.41, 5.74) is 5.22. The highest BCUT2D eigenvalue weighted by molar-refractivity contribution is 5.84. The van der Waals surface area contributed by atoms with Gasteiger partial charge in [-0.15, -0.1) is 0 Å². The molecule has 0 aromatic heterocycles. The van der Waals surface area contributed by atoms with Gasteiger partial charge in [-0.2, -0.15) is 13.2 Å².